The van der Waals surface area contributed by atoms with Crippen molar-refractivity contribution >= 4 is 0 Å². The number of hydrogen-bond donors (Lipinski definition) is 2. The van der Waals surface area contributed by atoms with Crippen LogP contribution in [0.25, 0.3) is 0 Å². The van der Waals surface area contributed by atoms with E-state index in [2.05, 4.69) is 21.7 Å². The molecule has 0 aliphatic carbocycles. The van der Waals surface area contributed by atoms with E-state index in [0.717, 1.165) is 43.7 Å². The zero-order chi connectivity index (χ0) is 17.5. The number of ether oxygens (including phenoxy) is 1. The Morgan fingerprint density at radius 1 is 1.36 bits per heavy atom. The van der Waals surface area contributed by atoms with Crippen molar-refractivity contribution in [3.05, 3.63) is 60.4 Å². The lowest BCUT2D eigenvalue weighted by Crippen LogP contribution is -2.40. The molecule has 134 valence electrons. The van der Waals surface area contributed by atoms with Gasteiger partial charge in [-0.05, 0) is 55.5 Å². The predicted molar refractivity (Wildman–Crippen MR) is 98.8 cm³/mol. The summed E-state index contributed by atoms with van der Waals surface area (Å²) in [6, 6.07) is 7.92. The fraction of sp³-hybridized carbons (Fsp3) is 0.450. The van der Waals surface area contributed by atoms with E-state index in [1.54, 1.807) is 0 Å². The largest absolute Gasteiger partial charge is 0.491 e. The molecule has 1 atom stereocenters. The van der Waals surface area contributed by atoms with E-state index in [0.29, 0.717) is 19.1 Å². The van der Waals surface area contributed by atoms with E-state index in [4.69, 9.17) is 4.74 Å². The maximum Gasteiger partial charge on any atom is 0.122 e. The Bertz CT molecular complexity index is 649. The number of nitrogens with zero attached hydrogens (tertiary/aromatic N) is 2. The van der Waals surface area contributed by atoms with Gasteiger partial charge in [-0.2, -0.15) is 5.10 Å². The van der Waals surface area contributed by atoms with Gasteiger partial charge in [-0.25, -0.2) is 0 Å². The maximum absolute atomic E-state index is 10.3. The smallest absolute Gasteiger partial charge is 0.122 e. The lowest BCUT2D eigenvalue weighted by Gasteiger charge is -2.32. The van der Waals surface area contributed by atoms with E-state index >= 15 is 0 Å². The molecule has 1 aliphatic heterocycles. The van der Waals surface area contributed by atoms with Crippen molar-refractivity contribution in [1.29, 1.82) is 0 Å². The van der Waals surface area contributed by atoms with Crippen LogP contribution in [0.2, 0.25) is 0 Å². The number of likely N-dealkylation sites (tertiary alicyclic amines) is 1. The Morgan fingerprint density at radius 3 is 2.88 bits per heavy atom. The fourth-order valence-corrected chi connectivity index (χ4v) is 3.44. The average molecular weight is 341 g/mol. The molecule has 0 amide bonds. The van der Waals surface area contributed by atoms with Gasteiger partial charge in [0.2, 0.25) is 0 Å². The Balaban J connectivity index is 1.43. The van der Waals surface area contributed by atoms with Crippen LogP contribution in [0.15, 0.2) is 49.3 Å². The number of aliphatic hydroxyl groups excluding tert-OH is 1. The van der Waals surface area contributed by atoms with Crippen molar-refractivity contribution in [2.24, 2.45) is 0 Å². The summed E-state index contributed by atoms with van der Waals surface area (Å²) in [5.74, 6) is 1.41. The number of nitrogens with one attached hydrogen (secondary N) is 1. The second kappa shape index (κ2) is 8.83. The normalized spacial score (nSPS) is 17.3. The van der Waals surface area contributed by atoms with Crippen LogP contribution in [0.4, 0.5) is 0 Å². The molecule has 2 aromatic rings. The standard InChI is InChI=1S/C20H27N3O2/c1-2-5-17-6-3-4-7-20(17)25-15-19(24)14-23-10-8-16(9-11-23)18-12-21-22-13-18/h2-4,6-7,12-13,16,19,24H,1,5,8-11,14-15H2,(H,21,22)/t19-/m0/s1. The van der Waals surface area contributed by atoms with Gasteiger partial charge in [0.05, 0.1) is 6.20 Å². The van der Waals surface area contributed by atoms with Gasteiger partial charge in [-0.15, -0.1) is 6.58 Å². The van der Waals surface area contributed by atoms with Gasteiger partial charge in [-0.3, -0.25) is 5.10 Å². The Labute approximate surface area is 149 Å². The first-order chi connectivity index (χ1) is 12.3. The van der Waals surface area contributed by atoms with Crippen LogP contribution >= 0.6 is 0 Å². The van der Waals surface area contributed by atoms with Crippen LogP contribution in [-0.2, 0) is 6.42 Å². The summed E-state index contributed by atoms with van der Waals surface area (Å²) in [7, 11) is 0. The third kappa shape index (κ3) is 4.94. The summed E-state index contributed by atoms with van der Waals surface area (Å²) in [6.07, 6.45) is 8.27. The maximum atomic E-state index is 10.3. The molecular formula is C20H27N3O2. The van der Waals surface area contributed by atoms with Gasteiger partial charge in [0, 0.05) is 12.7 Å². The molecule has 0 saturated carbocycles. The van der Waals surface area contributed by atoms with Gasteiger partial charge < -0.3 is 14.7 Å². The first-order valence-corrected chi connectivity index (χ1v) is 8.97. The highest BCUT2D eigenvalue weighted by molar-refractivity contribution is 5.34. The molecule has 1 aromatic carbocycles. The van der Waals surface area contributed by atoms with E-state index in [1.165, 1.54) is 5.56 Å². The molecule has 25 heavy (non-hydrogen) atoms. The molecule has 0 bridgehead atoms. The summed E-state index contributed by atoms with van der Waals surface area (Å²) in [6.45, 7) is 6.75. The van der Waals surface area contributed by atoms with Crippen LogP contribution in [0.1, 0.15) is 29.9 Å². The fourth-order valence-electron chi connectivity index (χ4n) is 3.44. The summed E-state index contributed by atoms with van der Waals surface area (Å²) in [5.41, 5.74) is 2.40. The average Bonchev–Trinajstić information content (AvgIpc) is 3.17. The van der Waals surface area contributed by atoms with Crippen molar-refractivity contribution in [2.45, 2.75) is 31.3 Å². The number of aliphatic hydroxyl groups is 1. The second-order valence-electron chi connectivity index (χ2n) is 6.67. The highest BCUT2D eigenvalue weighted by atomic mass is 16.5. The minimum Gasteiger partial charge on any atom is -0.491 e. The van der Waals surface area contributed by atoms with Crippen molar-refractivity contribution in [3.63, 3.8) is 0 Å². The Kier molecular flexibility index (Phi) is 6.25. The molecule has 5 heteroatoms. The van der Waals surface area contributed by atoms with E-state index in [1.807, 2.05) is 42.7 Å². The summed E-state index contributed by atoms with van der Waals surface area (Å²) in [4.78, 5) is 2.32. The molecule has 1 saturated heterocycles. The second-order valence-corrected chi connectivity index (χ2v) is 6.67. The molecule has 1 aliphatic rings. The van der Waals surface area contributed by atoms with Gasteiger partial charge in [0.25, 0.3) is 0 Å². The summed E-state index contributed by atoms with van der Waals surface area (Å²) >= 11 is 0. The van der Waals surface area contributed by atoms with Gasteiger partial charge >= 0.3 is 0 Å². The highest BCUT2D eigenvalue weighted by Gasteiger charge is 2.22. The van der Waals surface area contributed by atoms with E-state index < -0.39 is 6.10 Å². The van der Waals surface area contributed by atoms with Crippen LogP contribution < -0.4 is 4.74 Å². The Morgan fingerprint density at radius 2 is 2.16 bits per heavy atom. The number of H-pyrrole nitrogens is 1. The summed E-state index contributed by atoms with van der Waals surface area (Å²) < 4.78 is 5.84. The minimum absolute atomic E-state index is 0.315. The number of hydrogen-bond acceptors (Lipinski definition) is 4. The third-order valence-corrected chi connectivity index (χ3v) is 4.82. The topological polar surface area (TPSA) is 61.4 Å². The number of benzene rings is 1. The third-order valence-electron chi connectivity index (χ3n) is 4.82. The van der Waals surface area contributed by atoms with Crippen LogP contribution in [0.5, 0.6) is 5.75 Å². The van der Waals surface area contributed by atoms with Crippen molar-refractivity contribution in [2.75, 3.05) is 26.2 Å². The molecule has 1 aromatic heterocycles. The molecule has 0 radical (unpaired) electrons. The van der Waals surface area contributed by atoms with Gasteiger partial charge in [-0.1, -0.05) is 24.3 Å². The SMILES string of the molecule is C=CCc1ccccc1OC[C@@H](O)CN1CCC(c2cn[nH]c2)CC1. The lowest BCUT2D eigenvalue weighted by molar-refractivity contribution is 0.0592. The molecule has 5 nitrogen and oxygen atoms in total. The number of para-hydroxylation sites is 1. The molecular weight excluding hydrogens is 314 g/mol. The first-order valence-electron chi connectivity index (χ1n) is 8.97. The molecule has 2 heterocycles. The van der Waals surface area contributed by atoms with E-state index in [9.17, 15) is 5.11 Å². The minimum atomic E-state index is -0.484. The molecule has 0 unspecified atom stereocenters. The zero-order valence-electron chi connectivity index (χ0n) is 14.6. The number of allylic oxidation sites excluding steroid dienone is 1. The van der Waals surface area contributed by atoms with Crippen molar-refractivity contribution in [3.8, 4) is 5.75 Å². The van der Waals surface area contributed by atoms with Crippen LogP contribution in [-0.4, -0.2) is 52.5 Å². The molecule has 3 rings (SSSR count). The number of rotatable bonds is 8. The number of aromatic nitrogens is 2. The molecule has 2 N–H and O–H groups in total. The monoisotopic (exact) mass is 341 g/mol. The van der Waals surface area contributed by atoms with E-state index in [-0.39, 0.29) is 0 Å². The quantitative estimate of drug-likeness (QED) is 0.725. The van der Waals surface area contributed by atoms with Gasteiger partial charge in [0.1, 0.15) is 18.5 Å². The number of piperidine rings is 1. The molecule has 0 spiro atoms. The van der Waals surface area contributed by atoms with Crippen LogP contribution in [0.3, 0.4) is 0 Å². The Hall–Kier alpha value is -2.11. The zero-order valence-corrected chi connectivity index (χ0v) is 14.6. The van der Waals surface area contributed by atoms with Crippen molar-refractivity contribution in [1.82, 2.24) is 15.1 Å². The van der Waals surface area contributed by atoms with Crippen LogP contribution in [0, 0.1) is 0 Å². The lowest BCUT2D eigenvalue weighted by atomic mass is 9.91. The predicted octanol–water partition coefficient (Wildman–Crippen LogP) is 2.76. The summed E-state index contributed by atoms with van der Waals surface area (Å²) in [5, 5.41) is 17.3. The van der Waals surface area contributed by atoms with Gasteiger partial charge in [0.15, 0.2) is 0 Å². The first kappa shape index (κ1) is 17.7. The molecule has 1 fully saturated rings. The van der Waals surface area contributed by atoms with Crippen molar-refractivity contribution < 1.29 is 9.84 Å². The number of β-amino-alcohol motifs (C(OH)–C–C–N with tert-alkyl or cyclic N) is 1. The number of aromatic amines is 1. The highest BCUT2D eigenvalue weighted by Crippen LogP contribution is 2.27.